The van der Waals surface area contributed by atoms with Gasteiger partial charge in [-0.15, -0.1) is 0 Å². The van der Waals surface area contributed by atoms with Gasteiger partial charge in [0.25, 0.3) is 5.91 Å². The van der Waals surface area contributed by atoms with E-state index in [1.54, 1.807) is 17.0 Å². The van der Waals surface area contributed by atoms with E-state index in [0.29, 0.717) is 17.1 Å². The molecule has 0 spiro atoms. The molecule has 0 saturated heterocycles. The minimum Gasteiger partial charge on any atom is -0.302 e. The molecule has 0 atom stereocenters. The first kappa shape index (κ1) is 12.4. The Morgan fingerprint density at radius 2 is 1.81 bits per heavy atom. The van der Waals surface area contributed by atoms with Gasteiger partial charge in [0.15, 0.2) is 0 Å². The molecule has 1 aliphatic rings. The van der Waals surface area contributed by atoms with E-state index in [2.05, 4.69) is 4.98 Å². The standard InChI is InChI=1S/C17H11ClN2O/c18-12-5-7-13(8-6-12)20-10-16-14(17(20)21)9-11-3-1-2-4-15(11)19-16/h1-9H,10H2. The van der Waals surface area contributed by atoms with Gasteiger partial charge in [-0.05, 0) is 36.4 Å². The number of carbonyl (C=O) groups is 1. The lowest BCUT2D eigenvalue weighted by molar-refractivity contribution is 0.0996. The number of pyridine rings is 1. The van der Waals surface area contributed by atoms with Gasteiger partial charge in [0.1, 0.15) is 0 Å². The molecule has 0 unspecified atom stereocenters. The number of aromatic nitrogens is 1. The zero-order valence-electron chi connectivity index (χ0n) is 11.1. The number of anilines is 1. The van der Waals surface area contributed by atoms with Crippen LogP contribution in [0.25, 0.3) is 10.9 Å². The predicted molar refractivity (Wildman–Crippen MR) is 83.7 cm³/mol. The maximum absolute atomic E-state index is 12.6. The first-order valence-electron chi connectivity index (χ1n) is 6.68. The molecule has 1 aliphatic heterocycles. The Morgan fingerprint density at radius 3 is 2.62 bits per heavy atom. The molecule has 4 rings (SSSR count). The second-order valence-electron chi connectivity index (χ2n) is 5.04. The van der Waals surface area contributed by atoms with Crippen LogP contribution in [0.4, 0.5) is 5.69 Å². The Kier molecular flexibility index (Phi) is 2.69. The van der Waals surface area contributed by atoms with Crippen LogP contribution in [0.3, 0.4) is 0 Å². The Bertz CT molecular complexity index is 858. The number of hydrogen-bond donors (Lipinski definition) is 0. The summed E-state index contributed by atoms with van der Waals surface area (Å²) in [7, 11) is 0. The molecule has 1 aromatic heterocycles. The molecule has 1 amide bonds. The number of amides is 1. The van der Waals surface area contributed by atoms with E-state index < -0.39 is 0 Å². The van der Waals surface area contributed by atoms with Crippen LogP contribution < -0.4 is 4.90 Å². The SMILES string of the molecule is O=C1c2cc3ccccc3nc2CN1c1ccc(Cl)cc1. The Hall–Kier alpha value is -2.39. The van der Waals surface area contributed by atoms with Crippen LogP contribution in [0, 0.1) is 0 Å². The van der Waals surface area contributed by atoms with Gasteiger partial charge in [0.2, 0.25) is 0 Å². The van der Waals surface area contributed by atoms with E-state index in [0.717, 1.165) is 22.3 Å². The lowest BCUT2D eigenvalue weighted by Gasteiger charge is -2.15. The fraction of sp³-hybridized carbons (Fsp3) is 0.0588. The largest absolute Gasteiger partial charge is 0.302 e. The third kappa shape index (κ3) is 1.98. The summed E-state index contributed by atoms with van der Waals surface area (Å²) in [6.07, 6.45) is 0. The van der Waals surface area contributed by atoms with Crippen LogP contribution >= 0.6 is 11.6 Å². The summed E-state index contributed by atoms with van der Waals surface area (Å²) in [5.74, 6) is -0.00873. The maximum atomic E-state index is 12.6. The van der Waals surface area contributed by atoms with Gasteiger partial charge >= 0.3 is 0 Å². The molecular weight excluding hydrogens is 284 g/mol. The van der Waals surface area contributed by atoms with E-state index in [4.69, 9.17) is 11.6 Å². The van der Waals surface area contributed by atoms with Crippen LogP contribution in [-0.2, 0) is 6.54 Å². The highest BCUT2D eigenvalue weighted by Crippen LogP contribution is 2.30. The number of halogens is 1. The summed E-state index contributed by atoms with van der Waals surface area (Å²) in [5.41, 5.74) is 3.27. The number of nitrogens with zero attached hydrogens (tertiary/aromatic N) is 2. The van der Waals surface area contributed by atoms with Gasteiger partial charge in [-0.1, -0.05) is 29.8 Å². The lowest BCUT2D eigenvalue weighted by atomic mass is 10.1. The van der Waals surface area contributed by atoms with Crippen LogP contribution in [-0.4, -0.2) is 10.9 Å². The summed E-state index contributed by atoms with van der Waals surface area (Å²) in [4.78, 5) is 18.9. The number of carbonyl (C=O) groups excluding carboxylic acids is 1. The smallest absolute Gasteiger partial charge is 0.260 e. The molecule has 0 aliphatic carbocycles. The van der Waals surface area contributed by atoms with Gasteiger partial charge in [0.05, 0.1) is 23.3 Å². The Balaban J connectivity index is 1.80. The first-order chi connectivity index (χ1) is 10.2. The highest BCUT2D eigenvalue weighted by Gasteiger charge is 2.30. The molecular formula is C17H11ClN2O. The zero-order valence-corrected chi connectivity index (χ0v) is 11.8. The van der Waals surface area contributed by atoms with Crippen molar-refractivity contribution >= 4 is 34.1 Å². The fourth-order valence-electron chi connectivity index (χ4n) is 2.66. The van der Waals surface area contributed by atoms with E-state index in [-0.39, 0.29) is 5.91 Å². The second kappa shape index (κ2) is 4.57. The molecule has 2 aromatic carbocycles. The van der Waals surface area contributed by atoms with E-state index >= 15 is 0 Å². The van der Waals surface area contributed by atoms with Crippen molar-refractivity contribution in [3.63, 3.8) is 0 Å². The molecule has 102 valence electrons. The summed E-state index contributed by atoms with van der Waals surface area (Å²) in [5, 5.41) is 1.65. The van der Waals surface area contributed by atoms with Crippen LogP contribution in [0.5, 0.6) is 0 Å². The van der Waals surface area contributed by atoms with Crippen molar-refractivity contribution in [1.82, 2.24) is 4.98 Å². The lowest BCUT2D eigenvalue weighted by Crippen LogP contribution is -2.22. The van der Waals surface area contributed by atoms with Crippen LogP contribution in [0.1, 0.15) is 16.1 Å². The molecule has 0 saturated carbocycles. The van der Waals surface area contributed by atoms with E-state index in [1.807, 2.05) is 42.5 Å². The summed E-state index contributed by atoms with van der Waals surface area (Å²) in [6, 6.07) is 17.1. The van der Waals surface area contributed by atoms with Gasteiger partial charge in [-0.3, -0.25) is 9.78 Å². The minimum absolute atomic E-state index is 0.00873. The maximum Gasteiger partial charge on any atom is 0.260 e. The highest BCUT2D eigenvalue weighted by molar-refractivity contribution is 6.30. The molecule has 3 nitrogen and oxygen atoms in total. The van der Waals surface area contributed by atoms with Crippen molar-refractivity contribution < 1.29 is 4.79 Å². The fourth-order valence-corrected chi connectivity index (χ4v) is 2.78. The monoisotopic (exact) mass is 294 g/mol. The molecule has 4 heteroatoms. The van der Waals surface area contributed by atoms with E-state index in [9.17, 15) is 4.79 Å². The normalized spacial score (nSPS) is 13.8. The minimum atomic E-state index is -0.00873. The highest BCUT2D eigenvalue weighted by atomic mass is 35.5. The Morgan fingerprint density at radius 1 is 1.05 bits per heavy atom. The van der Waals surface area contributed by atoms with Crippen molar-refractivity contribution in [2.24, 2.45) is 0 Å². The molecule has 21 heavy (non-hydrogen) atoms. The molecule has 3 aromatic rings. The molecule has 2 heterocycles. The van der Waals surface area contributed by atoms with Gasteiger partial charge < -0.3 is 4.90 Å². The predicted octanol–water partition coefficient (Wildman–Crippen LogP) is 4.05. The first-order valence-corrected chi connectivity index (χ1v) is 7.06. The molecule has 0 radical (unpaired) electrons. The average molecular weight is 295 g/mol. The van der Waals surface area contributed by atoms with Gasteiger partial charge in [-0.25, -0.2) is 0 Å². The molecule has 0 fully saturated rings. The number of para-hydroxylation sites is 1. The summed E-state index contributed by atoms with van der Waals surface area (Å²) in [6.45, 7) is 0.501. The van der Waals surface area contributed by atoms with Gasteiger partial charge in [0, 0.05) is 16.1 Å². The van der Waals surface area contributed by atoms with Crippen molar-refractivity contribution in [3.8, 4) is 0 Å². The van der Waals surface area contributed by atoms with Crippen molar-refractivity contribution in [2.45, 2.75) is 6.54 Å². The average Bonchev–Trinajstić information content (AvgIpc) is 2.82. The molecule has 0 bridgehead atoms. The number of hydrogen-bond acceptors (Lipinski definition) is 2. The number of fused-ring (bicyclic) bond motifs is 2. The van der Waals surface area contributed by atoms with Crippen molar-refractivity contribution in [2.75, 3.05) is 4.90 Å². The van der Waals surface area contributed by atoms with Gasteiger partial charge in [-0.2, -0.15) is 0 Å². The second-order valence-corrected chi connectivity index (χ2v) is 5.48. The Labute approximate surface area is 126 Å². The van der Waals surface area contributed by atoms with Crippen molar-refractivity contribution in [3.05, 3.63) is 70.9 Å². The zero-order chi connectivity index (χ0) is 14.4. The topological polar surface area (TPSA) is 33.2 Å². The molecule has 0 N–H and O–H groups in total. The third-order valence-electron chi connectivity index (χ3n) is 3.72. The number of rotatable bonds is 1. The van der Waals surface area contributed by atoms with E-state index in [1.165, 1.54) is 0 Å². The summed E-state index contributed by atoms with van der Waals surface area (Å²) >= 11 is 5.90. The van der Waals surface area contributed by atoms with Crippen LogP contribution in [0.2, 0.25) is 5.02 Å². The number of benzene rings is 2. The quantitative estimate of drug-likeness (QED) is 0.678. The third-order valence-corrected chi connectivity index (χ3v) is 3.98. The van der Waals surface area contributed by atoms with Crippen molar-refractivity contribution in [1.29, 1.82) is 0 Å². The summed E-state index contributed by atoms with van der Waals surface area (Å²) < 4.78 is 0. The van der Waals surface area contributed by atoms with Crippen LogP contribution in [0.15, 0.2) is 54.6 Å².